The van der Waals surface area contributed by atoms with E-state index in [1.807, 2.05) is 6.92 Å². The minimum absolute atomic E-state index is 0.00443. The van der Waals surface area contributed by atoms with Gasteiger partial charge in [0.2, 0.25) is 0 Å². The molecule has 1 aliphatic rings. The van der Waals surface area contributed by atoms with Gasteiger partial charge in [0.05, 0.1) is 5.92 Å². The summed E-state index contributed by atoms with van der Waals surface area (Å²) in [6, 6.07) is 6.25. The van der Waals surface area contributed by atoms with E-state index in [0.717, 1.165) is 12.1 Å². The molecule has 0 radical (unpaired) electrons. The van der Waals surface area contributed by atoms with Gasteiger partial charge in [-0.25, -0.2) is 4.39 Å². The molecule has 0 spiro atoms. The Bertz CT molecular complexity index is 433. The molecule has 0 aromatic heterocycles. The summed E-state index contributed by atoms with van der Waals surface area (Å²) in [5.74, 6) is -1.28. The van der Waals surface area contributed by atoms with E-state index in [1.54, 1.807) is 12.1 Å². The van der Waals surface area contributed by atoms with E-state index in [-0.39, 0.29) is 30.6 Å². The number of rotatable bonds is 4. The Hall–Kier alpha value is -1.10. The quantitative estimate of drug-likeness (QED) is 0.784. The lowest BCUT2D eigenvalue weighted by Crippen LogP contribution is -2.34. The summed E-state index contributed by atoms with van der Waals surface area (Å²) in [6.07, 6.45) is -2.58. The van der Waals surface area contributed by atoms with Crippen LogP contribution < -0.4 is 5.32 Å². The Kier molecular flexibility index (Phi) is 5.25. The molecule has 0 heterocycles. The van der Waals surface area contributed by atoms with E-state index in [9.17, 15) is 17.6 Å². The first-order valence-electron chi connectivity index (χ1n) is 7.47. The molecule has 1 aromatic rings. The summed E-state index contributed by atoms with van der Waals surface area (Å²) in [5.41, 5.74) is 0.953. The van der Waals surface area contributed by atoms with E-state index >= 15 is 0 Å². The molecule has 1 atom stereocenters. The van der Waals surface area contributed by atoms with Crippen molar-refractivity contribution in [3.05, 3.63) is 35.6 Å². The third-order valence-corrected chi connectivity index (χ3v) is 4.36. The zero-order valence-corrected chi connectivity index (χ0v) is 12.1. The van der Waals surface area contributed by atoms with Crippen LogP contribution in [0.15, 0.2) is 24.3 Å². The first-order valence-corrected chi connectivity index (χ1v) is 7.47. The Morgan fingerprint density at radius 1 is 1.10 bits per heavy atom. The van der Waals surface area contributed by atoms with Gasteiger partial charge in [-0.3, -0.25) is 0 Å². The van der Waals surface area contributed by atoms with Crippen LogP contribution >= 0.6 is 0 Å². The summed E-state index contributed by atoms with van der Waals surface area (Å²) in [5, 5.41) is 3.34. The molecule has 2 rings (SSSR count). The third-order valence-electron chi connectivity index (χ3n) is 4.36. The van der Waals surface area contributed by atoms with Crippen LogP contribution in [-0.2, 0) is 0 Å². The highest BCUT2D eigenvalue weighted by Crippen LogP contribution is 2.43. The summed E-state index contributed by atoms with van der Waals surface area (Å²) in [4.78, 5) is 0. The standard InChI is InChI=1S/C16H21F4N/c1-2-21-15(12-5-9-14(17)10-6-12)11-3-7-13(8-4-11)16(18,19)20/h5-6,9-11,13,15,21H,2-4,7-8H2,1H3. The predicted octanol–water partition coefficient (Wildman–Crippen LogP) is 4.85. The number of benzene rings is 1. The Balaban J connectivity index is 2.05. The molecule has 1 fully saturated rings. The van der Waals surface area contributed by atoms with Crippen LogP contribution in [0.5, 0.6) is 0 Å². The highest BCUT2D eigenvalue weighted by molar-refractivity contribution is 5.21. The summed E-state index contributed by atoms with van der Waals surface area (Å²) in [7, 11) is 0. The van der Waals surface area contributed by atoms with Gasteiger partial charge in [0.15, 0.2) is 0 Å². The van der Waals surface area contributed by atoms with Gasteiger partial charge < -0.3 is 5.32 Å². The van der Waals surface area contributed by atoms with Gasteiger partial charge in [0.25, 0.3) is 0 Å². The highest BCUT2D eigenvalue weighted by atomic mass is 19.4. The van der Waals surface area contributed by atoms with E-state index < -0.39 is 12.1 Å². The maximum Gasteiger partial charge on any atom is 0.391 e. The molecule has 1 unspecified atom stereocenters. The van der Waals surface area contributed by atoms with Crippen molar-refractivity contribution >= 4 is 0 Å². The zero-order valence-electron chi connectivity index (χ0n) is 12.1. The lowest BCUT2D eigenvalue weighted by Gasteiger charge is -2.35. The Labute approximate surface area is 122 Å². The van der Waals surface area contributed by atoms with Gasteiger partial charge in [-0.2, -0.15) is 13.2 Å². The second kappa shape index (κ2) is 6.77. The molecule has 0 amide bonds. The van der Waals surface area contributed by atoms with Crippen molar-refractivity contribution in [2.75, 3.05) is 6.54 Å². The van der Waals surface area contributed by atoms with Gasteiger partial charge in [0.1, 0.15) is 5.82 Å². The average molecular weight is 303 g/mol. The molecular formula is C16H21F4N. The second-order valence-electron chi connectivity index (χ2n) is 5.74. The van der Waals surface area contributed by atoms with Crippen LogP contribution in [-0.4, -0.2) is 12.7 Å². The highest BCUT2D eigenvalue weighted by Gasteiger charge is 2.42. The molecule has 1 aliphatic carbocycles. The van der Waals surface area contributed by atoms with E-state index in [4.69, 9.17) is 0 Å². The molecule has 21 heavy (non-hydrogen) atoms. The SMILES string of the molecule is CCNC(c1ccc(F)cc1)C1CCC(C(F)(F)F)CC1. The van der Waals surface area contributed by atoms with Gasteiger partial charge in [-0.05, 0) is 55.8 Å². The zero-order chi connectivity index (χ0) is 15.5. The van der Waals surface area contributed by atoms with Crippen molar-refractivity contribution in [2.45, 2.75) is 44.8 Å². The minimum Gasteiger partial charge on any atom is -0.310 e. The molecule has 5 heteroatoms. The number of nitrogens with one attached hydrogen (secondary N) is 1. The predicted molar refractivity (Wildman–Crippen MR) is 74.3 cm³/mol. The maximum atomic E-state index is 13.0. The molecule has 1 saturated carbocycles. The Morgan fingerprint density at radius 3 is 2.14 bits per heavy atom. The van der Waals surface area contributed by atoms with Crippen LogP contribution in [0.25, 0.3) is 0 Å². The first-order chi connectivity index (χ1) is 9.91. The summed E-state index contributed by atoms with van der Waals surface area (Å²) in [6.45, 7) is 2.71. The van der Waals surface area contributed by atoms with Gasteiger partial charge in [-0.15, -0.1) is 0 Å². The smallest absolute Gasteiger partial charge is 0.310 e. The molecule has 1 N–H and O–H groups in total. The number of hydrogen-bond acceptors (Lipinski definition) is 1. The molecule has 1 nitrogen and oxygen atoms in total. The number of alkyl halides is 3. The lowest BCUT2D eigenvalue weighted by molar-refractivity contribution is -0.184. The van der Waals surface area contributed by atoms with Gasteiger partial charge in [-0.1, -0.05) is 19.1 Å². The lowest BCUT2D eigenvalue weighted by atomic mass is 9.76. The summed E-state index contributed by atoms with van der Waals surface area (Å²) >= 11 is 0. The molecule has 1 aromatic carbocycles. The van der Waals surface area contributed by atoms with Crippen LogP contribution in [0.1, 0.15) is 44.2 Å². The van der Waals surface area contributed by atoms with Crippen molar-refractivity contribution in [3.63, 3.8) is 0 Å². The fraction of sp³-hybridized carbons (Fsp3) is 0.625. The summed E-state index contributed by atoms with van der Waals surface area (Å²) < 4.78 is 51.2. The molecule has 118 valence electrons. The van der Waals surface area contributed by atoms with Crippen LogP contribution in [0.3, 0.4) is 0 Å². The minimum atomic E-state index is -4.07. The van der Waals surface area contributed by atoms with Crippen LogP contribution in [0.4, 0.5) is 17.6 Å². The van der Waals surface area contributed by atoms with Crippen LogP contribution in [0, 0.1) is 17.7 Å². The van der Waals surface area contributed by atoms with Crippen molar-refractivity contribution in [2.24, 2.45) is 11.8 Å². The number of hydrogen-bond donors (Lipinski definition) is 1. The molecule has 0 bridgehead atoms. The van der Waals surface area contributed by atoms with Crippen molar-refractivity contribution in [1.82, 2.24) is 5.32 Å². The van der Waals surface area contributed by atoms with E-state index in [2.05, 4.69) is 5.32 Å². The maximum absolute atomic E-state index is 13.0. The number of halogens is 4. The monoisotopic (exact) mass is 303 g/mol. The van der Waals surface area contributed by atoms with Crippen molar-refractivity contribution in [1.29, 1.82) is 0 Å². The van der Waals surface area contributed by atoms with E-state index in [0.29, 0.717) is 12.8 Å². The molecule has 0 aliphatic heterocycles. The van der Waals surface area contributed by atoms with Crippen LogP contribution in [0.2, 0.25) is 0 Å². The Morgan fingerprint density at radius 2 is 1.67 bits per heavy atom. The van der Waals surface area contributed by atoms with E-state index in [1.165, 1.54) is 12.1 Å². The van der Waals surface area contributed by atoms with Crippen molar-refractivity contribution < 1.29 is 17.6 Å². The first kappa shape index (κ1) is 16.3. The molecule has 0 saturated heterocycles. The fourth-order valence-electron chi connectivity index (χ4n) is 3.23. The van der Waals surface area contributed by atoms with Gasteiger partial charge >= 0.3 is 6.18 Å². The fourth-order valence-corrected chi connectivity index (χ4v) is 3.23. The largest absolute Gasteiger partial charge is 0.391 e. The second-order valence-corrected chi connectivity index (χ2v) is 5.74. The topological polar surface area (TPSA) is 12.0 Å². The normalized spacial score (nSPS) is 24.8. The third kappa shape index (κ3) is 4.19. The average Bonchev–Trinajstić information content (AvgIpc) is 2.45. The van der Waals surface area contributed by atoms with Crippen molar-refractivity contribution in [3.8, 4) is 0 Å². The molecular weight excluding hydrogens is 282 g/mol. The van der Waals surface area contributed by atoms with Gasteiger partial charge in [0, 0.05) is 6.04 Å².